The first-order chi connectivity index (χ1) is 19.8. The van der Waals surface area contributed by atoms with E-state index in [-0.39, 0.29) is 48.5 Å². The number of ether oxygens (including phenoxy) is 1. The quantitative estimate of drug-likeness (QED) is 0.190. The molecule has 0 spiro atoms. The number of unbranched alkanes of at least 4 members (excludes halogenated alkanes) is 2. The van der Waals surface area contributed by atoms with Crippen molar-refractivity contribution in [1.82, 2.24) is 4.90 Å². The first-order valence-electron chi connectivity index (χ1n) is 14.1. The van der Waals surface area contributed by atoms with Crippen LogP contribution in [0, 0.1) is 18.8 Å². The Labute approximate surface area is 247 Å². The number of carbonyl (C=O) groups is 4. The van der Waals surface area contributed by atoms with Crippen LogP contribution in [0.15, 0.2) is 71.2 Å². The molecule has 3 amide bonds. The molecule has 1 aliphatic heterocycles. The summed E-state index contributed by atoms with van der Waals surface area (Å²) < 4.78 is 6.07. The Morgan fingerprint density at radius 3 is 1.93 bits per heavy atom. The number of anilines is 1. The van der Waals surface area contributed by atoms with Crippen LogP contribution >= 0.6 is 15.9 Å². The second kappa shape index (κ2) is 11.2. The van der Waals surface area contributed by atoms with E-state index in [1.807, 2.05) is 43.3 Å². The summed E-state index contributed by atoms with van der Waals surface area (Å²) in [7, 11) is 0. The van der Waals surface area contributed by atoms with E-state index in [2.05, 4.69) is 45.5 Å². The van der Waals surface area contributed by atoms with Gasteiger partial charge in [-0.1, -0.05) is 70.9 Å². The van der Waals surface area contributed by atoms with Crippen molar-refractivity contribution < 1.29 is 23.9 Å². The second-order valence-electron chi connectivity index (χ2n) is 11.1. The van der Waals surface area contributed by atoms with Gasteiger partial charge in [-0.15, -0.1) is 0 Å². The Hall–Kier alpha value is -3.78. The van der Waals surface area contributed by atoms with Crippen molar-refractivity contribution in [3.63, 3.8) is 0 Å². The van der Waals surface area contributed by atoms with E-state index in [1.54, 1.807) is 6.07 Å². The third-order valence-electron chi connectivity index (χ3n) is 8.61. The van der Waals surface area contributed by atoms with Crippen LogP contribution in [-0.2, 0) is 23.9 Å². The SMILES string of the molecule is Cc1cc(NC(=O)COC(=O)CCCCCN2C(=O)[C@@H]3C4c5ccccc5C(c5ccccc54)[C@@H]3C2=O)ccc1Br. The highest BCUT2D eigenvalue weighted by Gasteiger charge is 2.61. The molecule has 8 heteroatoms. The maximum Gasteiger partial charge on any atom is 0.306 e. The van der Waals surface area contributed by atoms with Gasteiger partial charge >= 0.3 is 5.97 Å². The van der Waals surface area contributed by atoms with Crippen LogP contribution in [0.25, 0.3) is 0 Å². The van der Waals surface area contributed by atoms with Gasteiger partial charge in [0.05, 0.1) is 11.8 Å². The van der Waals surface area contributed by atoms with Gasteiger partial charge in [0.15, 0.2) is 6.61 Å². The minimum Gasteiger partial charge on any atom is -0.456 e. The molecule has 0 unspecified atom stereocenters. The van der Waals surface area contributed by atoms with Crippen molar-refractivity contribution in [3.05, 3.63) is 99.0 Å². The summed E-state index contributed by atoms with van der Waals surface area (Å²) in [6.45, 7) is 1.92. The van der Waals surface area contributed by atoms with Gasteiger partial charge in [0, 0.05) is 35.0 Å². The number of carbonyl (C=O) groups excluding carboxylic acids is 4. The van der Waals surface area contributed by atoms with Crippen molar-refractivity contribution in [1.29, 1.82) is 0 Å². The van der Waals surface area contributed by atoms with Gasteiger partial charge in [0.25, 0.3) is 5.91 Å². The van der Waals surface area contributed by atoms with Crippen molar-refractivity contribution in [2.75, 3.05) is 18.5 Å². The lowest BCUT2D eigenvalue weighted by Crippen LogP contribution is -2.41. The molecule has 3 aromatic carbocycles. The largest absolute Gasteiger partial charge is 0.456 e. The number of benzene rings is 3. The number of likely N-dealkylation sites (tertiary alicyclic amines) is 1. The molecule has 2 bridgehead atoms. The zero-order valence-electron chi connectivity index (χ0n) is 22.8. The highest BCUT2D eigenvalue weighted by atomic mass is 79.9. The summed E-state index contributed by atoms with van der Waals surface area (Å²) in [5.41, 5.74) is 6.29. The molecule has 0 aromatic heterocycles. The molecule has 4 aliphatic rings. The van der Waals surface area contributed by atoms with Gasteiger partial charge in [-0.3, -0.25) is 24.1 Å². The fraction of sp³-hybridized carbons (Fsp3) is 0.333. The Kier molecular flexibility index (Phi) is 7.51. The van der Waals surface area contributed by atoms with Crippen LogP contribution in [0.4, 0.5) is 5.69 Å². The fourth-order valence-electron chi connectivity index (χ4n) is 6.81. The molecule has 1 N–H and O–H groups in total. The van der Waals surface area contributed by atoms with E-state index in [1.165, 1.54) is 27.2 Å². The zero-order valence-corrected chi connectivity index (χ0v) is 24.4. The lowest BCUT2D eigenvalue weighted by molar-refractivity contribution is -0.147. The molecule has 3 aliphatic carbocycles. The van der Waals surface area contributed by atoms with Crippen molar-refractivity contribution in [3.8, 4) is 0 Å². The number of halogens is 1. The summed E-state index contributed by atoms with van der Waals surface area (Å²) in [6, 6.07) is 21.9. The average Bonchev–Trinajstić information content (AvgIpc) is 3.23. The molecular formula is C33H31BrN2O5. The number of hydrogen-bond donors (Lipinski definition) is 1. The normalized spacial score (nSPS) is 21.8. The first-order valence-corrected chi connectivity index (χ1v) is 14.9. The van der Waals surface area contributed by atoms with Crippen LogP contribution < -0.4 is 5.32 Å². The number of amides is 3. The summed E-state index contributed by atoms with van der Waals surface area (Å²) in [4.78, 5) is 53.0. The summed E-state index contributed by atoms with van der Waals surface area (Å²) in [5.74, 6) is -1.92. The number of aryl methyl sites for hydroxylation is 1. The van der Waals surface area contributed by atoms with Crippen molar-refractivity contribution >= 4 is 45.3 Å². The zero-order chi connectivity index (χ0) is 28.7. The second-order valence-corrected chi connectivity index (χ2v) is 11.9. The summed E-state index contributed by atoms with van der Waals surface area (Å²) in [6.07, 6.45) is 2.01. The number of imide groups is 1. The molecule has 7 nitrogen and oxygen atoms in total. The minimum absolute atomic E-state index is 0.0783. The standard InChI is InChI=1S/C33H31BrN2O5/c1-19-17-20(14-15-25(19)34)35-26(37)18-41-27(38)13-3-2-8-16-36-32(39)30-28-21-9-4-5-10-22(21)29(31(30)33(36)40)24-12-7-6-11-23(24)28/h4-7,9-12,14-15,17,28-31H,2-3,8,13,16,18H2,1H3,(H,35,37)/t28?,29?,30-,31+. The van der Waals surface area contributed by atoms with Gasteiger partial charge in [-0.2, -0.15) is 0 Å². The molecule has 2 atom stereocenters. The molecule has 210 valence electrons. The highest BCUT2D eigenvalue weighted by Crippen LogP contribution is 2.60. The van der Waals surface area contributed by atoms with Gasteiger partial charge in [0.1, 0.15) is 0 Å². The third-order valence-corrected chi connectivity index (χ3v) is 9.50. The van der Waals surface area contributed by atoms with Crippen LogP contribution in [0.5, 0.6) is 0 Å². The van der Waals surface area contributed by atoms with E-state index in [9.17, 15) is 19.2 Å². The lowest BCUT2D eigenvalue weighted by atomic mass is 9.55. The van der Waals surface area contributed by atoms with Crippen LogP contribution in [0.2, 0.25) is 0 Å². The van der Waals surface area contributed by atoms with Gasteiger partial charge in [-0.05, 0) is 65.8 Å². The maximum absolute atomic E-state index is 13.6. The third kappa shape index (κ3) is 4.99. The Balaban J connectivity index is 0.993. The Morgan fingerprint density at radius 2 is 1.39 bits per heavy atom. The van der Waals surface area contributed by atoms with Crippen LogP contribution in [-0.4, -0.2) is 41.7 Å². The number of hydrogen-bond acceptors (Lipinski definition) is 5. The minimum atomic E-state index is -0.446. The molecule has 3 aromatic rings. The summed E-state index contributed by atoms with van der Waals surface area (Å²) >= 11 is 3.42. The molecule has 1 fully saturated rings. The topological polar surface area (TPSA) is 92.8 Å². The lowest BCUT2D eigenvalue weighted by Gasteiger charge is -2.45. The summed E-state index contributed by atoms with van der Waals surface area (Å²) in [5, 5.41) is 2.72. The van der Waals surface area contributed by atoms with E-state index in [4.69, 9.17) is 4.74 Å². The van der Waals surface area contributed by atoms with Crippen molar-refractivity contribution in [2.24, 2.45) is 11.8 Å². The van der Waals surface area contributed by atoms with E-state index >= 15 is 0 Å². The van der Waals surface area contributed by atoms with E-state index < -0.39 is 11.9 Å². The number of nitrogens with zero attached hydrogens (tertiary/aromatic N) is 1. The molecule has 41 heavy (non-hydrogen) atoms. The predicted molar refractivity (Wildman–Crippen MR) is 157 cm³/mol. The molecule has 0 saturated carbocycles. The molecule has 1 heterocycles. The molecule has 0 radical (unpaired) electrons. The Bertz CT molecular complexity index is 1440. The number of rotatable bonds is 9. The monoisotopic (exact) mass is 614 g/mol. The average molecular weight is 616 g/mol. The smallest absolute Gasteiger partial charge is 0.306 e. The van der Waals surface area contributed by atoms with E-state index in [0.29, 0.717) is 31.5 Å². The highest BCUT2D eigenvalue weighted by molar-refractivity contribution is 9.10. The maximum atomic E-state index is 13.6. The van der Waals surface area contributed by atoms with Crippen LogP contribution in [0.3, 0.4) is 0 Å². The fourth-order valence-corrected chi connectivity index (χ4v) is 7.06. The van der Waals surface area contributed by atoms with E-state index in [0.717, 1.165) is 10.0 Å². The number of esters is 1. The molecule has 1 saturated heterocycles. The van der Waals surface area contributed by atoms with Gasteiger partial charge in [-0.25, -0.2) is 0 Å². The molecular weight excluding hydrogens is 584 g/mol. The van der Waals surface area contributed by atoms with Crippen LogP contribution in [0.1, 0.15) is 65.3 Å². The number of nitrogens with one attached hydrogen (secondary N) is 1. The van der Waals surface area contributed by atoms with Crippen molar-refractivity contribution in [2.45, 2.75) is 44.4 Å². The first kappa shape index (κ1) is 27.4. The molecule has 7 rings (SSSR count). The predicted octanol–water partition coefficient (Wildman–Crippen LogP) is 5.69. The van der Waals surface area contributed by atoms with Gasteiger partial charge in [0.2, 0.25) is 11.8 Å². The Morgan fingerprint density at radius 1 is 0.829 bits per heavy atom. The van der Waals surface area contributed by atoms with Gasteiger partial charge < -0.3 is 10.1 Å².